The lowest BCUT2D eigenvalue weighted by atomic mass is 10.0. The molecule has 0 atom stereocenters. The minimum absolute atomic E-state index is 0.335. The Morgan fingerprint density at radius 1 is 0.560 bits per heavy atom. The second-order valence-corrected chi connectivity index (χ2v) is 7.80. The maximum Gasteiger partial charge on any atom is 0.129 e. The van der Waals surface area contributed by atoms with Crippen LogP contribution in [-0.4, -0.2) is 5.78 Å². The molecule has 0 aromatic carbocycles. The molecule has 1 nitrogen and oxygen atoms in total. The van der Waals surface area contributed by atoms with Crippen LogP contribution in [0.3, 0.4) is 0 Å². The van der Waals surface area contributed by atoms with Crippen LogP contribution in [0.4, 0.5) is 0 Å². The van der Waals surface area contributed by atoms with E-state index in [4.69, 9.17) is 0 Å². The molecule has 0 amide bonds. The summed E-state index contributed by atoms with van der Waals surface area (Å²) < 4.78 is 0. The molecule has 148 valence electrons. The highest BCUT2D eigenvalue weighted by molar-refractivity contribution is 5.75. The molecule has 0 radical (unpaired) electrons. The van der Waals surface area contributed by atoms with Crippen molar-refractivity contribution in [1.29, 1.82) is 0 Å². The van der Waals surface area contributed by atoms with E-state index in [1.165, 1.54) is 109 Å². The largest absolute Gasteiger partial charge is 0.300 e. The van der Waals surface area contributed by atoms with Crippen LogP contribution in [0.15, 0.2) is 12.2 Å². The van der Waals surface area contributed by atoms with Crippen molar-refractivity contribution in [1.82, 2.24) is 0 Å². The van der Waals surface area contributed by atoms with E-state index in [9.17, 15) is 4.79 Å². The van der Waals surface area contributed by atoms with E-state index < -0.39 is 0 Å². The highest BCUT2D eigenvalue weighted by Crippen LogP contribution is 2.13. The van der Waals surface area contributed by atoms with Crippen molar-refractivity contribution >= 4 is 5.78 Å². The second kappa shape index (κ2) is 21.5. The van der Waals surface area contributed by atoms with Crippen LogP contribution >= 0.6 is 0 Å². The van der Waals surface area contributed by atoms with Crippen molar-refractivity contribution in [3.05, 3.63) is 12.2 Å². The Balaban J connectivity index is 3.07. The van der Waals surface area contributed by atoms with Gasteiger partial charge in [0, 0.05) is 6.42 Å². The van der Waals surface area contributed by atoms with E-state index in [1.54, 1.807) is 6.92 Å². The highest BCUT2D eigenvalue weighted by atomic mass is 16.1. The number of carbonyl (C=O) groups is 1. The van der Waals surface area contributed by atoms with E-state index in [2.05, 4.69) is 19.1 Å². The zero-order chi connectivity index (χ0) is 18.4. The van der Waals surface area contributed by atoms with Crippen LogP contribution in [0.5, 0.6) is 0 Å². The van der Waals surface area contributed by atoms with Gasteiger partial charge in [-0.05, 0) is 39.0 Å². The fraction of sp³-hybridized carbons (Fsp3) is 0.875. The highest BCUT2D eigenvalue weighted by Gasteiger charge is 1.94. The summed E-state index contributed by atoms with van der Waals surface area (Å²) in [4.78, 5) is 10.8. The standard InChI is InChI=1S/C24H46O/c1-3-4-5-6-7-8-9-10-11-12-13-14-15-16-17-18-19-20-21-22-23-24(2)25/h16-17H,3-15,18-23H2,1-2H3. The predicted molar refractivity (Wildman–Crippen MR) is 113 cm³/mol. The number of rotatable bonds is 20. The summed E-state index contributed by atoms with van der Waals surface area (Å²) in [5.74, 6) is 0.335. The third-order valence-corrected chi connectivity index (χ3v) is 5.04. The molecule has 0 bridgehead atoms. The van der Waals surface area contributed by atoms with Gasteiger partial charge < -0.3 is 4.79 Å². The number of carbonyl (C=O) groups excluding carboxylic acids is 1. The molecule has 0 aromatic heterocycles. The number of hydrogen-bond donors (Lipinski definition) is 0. The summed E-state index contributed by atoms with van der Waals surface area (Å²) in [7, 11) is 0. The summed E-state index contributed by atoms with van der Waals surface area (Å²) in [5, 5.41) is 0. The van der Waals surface area contributed by atoms with Crippen molar-refractivity contribution < 1.29 is 4.79 Å². The van der Waals surface area contributed by atoms with E-state index >= 15 is 0 Å². The number of allylic oxidation sites excluding steroid dienone is 2. The molecule has 0 heterocycles. The molecule has 0 spiro atoms. The van der Waals surface area contributed by atoms with Crippen molar-refractivity contribution in [3.63, 3.8) is 0 Å². The summed E-state index contributed by atoms with van der Waals surface area (Å²) in [6.45, 7) is 3.98. The minimum atomic E-state index is 0.335. The molecule has 0 aromatic rings. The number of hydrogen-bond acceptors (Lipinski definition) is 1. The molecule has 0 saturated carbocycles. The van der Waals surface area contributed by atoms with Gasteiger partial charge in [-0.1, -0.05) is 103 Å². The maximum absolute atomic E-state index is 10.8. The second-order valence-electron chi connectivity index (χ2n) is 7.80. The van der Waals surface area contributed by atoms with E-state index in [0.29, 0.717) is 5.78 Å². The topological polar surface area (TPSA) is 17.1 Å². The van der Waals surface area contributed by atoms with Gasteiger partial charge in [0.25, 0.3) is 0 Å². The van der Waals surface area contributed by atoms with Gasteiger partial charge in [-0.25, -0.2) is 0 Å². The molecule has 0 aliphatic carbocycles. The van der Waals surface area contributed by atoms with E-state index in [1.807, 2.05) is 0 Å². The van der Waals surface area contributed by atoms with E-state index in [0.717, 1.165) is 12.8 Å². The van der Waals surface area contributed by atoms with Crippen molar-refractivity contribution in [2.24, 2.45) is 0 Å². The van der Waals surface area contributed by atoms with Gasteiger partial charge in [0.15, 0.2) is 0 Å². The molecule has 1 heteroatoms. The fourth-order valence-electron chi connectivity index (χ4n) is 3.33. The van der Waals surface area contributed by atoms with Crippen LogP contribution in [0.25, 0.3) is 0 Å². The monoisotopic (exact) mass is 350 g/mol. The Morgan fingerprint density at radius 2 is 0.920 bits per heavy atom. The van der Waals surface area contributed by atoms with Gasteiger partial charge in [-0.3, -0.25) is 0 Å². The molecule has 0 unspecified atom stereocenters. The SMILES string of the molecule is CCCCCCCCCCCCCCC=CCCCCCCC(C)=O. The Bertz CT molecular complexity index is 292. The van der Waals surface area contributed by atoms with Gasteiger partial charge in [-0.15, -0.1) is 0 Å². The zero-order valence-corrected chi connectivity index (χ0v) is 17.5. The zero-order valence-electron chi connectivity index (χ0n) is 17.5. The Labute approximate surface area is 159 Å². The van der Waals surface area contributed by atoms with Gasteiger partial charge in [0.1, 0.15) is 5.78 Å². The van der Waals surface area contributed by atoms with E-state index in [-0.39, 0.29) is 0 Å². The normalized spacial score (nSPS) is 11.4. The molecular weight excluding hydrogens is 304 g/mol. The Morgan fingerprint density at radius 3 is 1.32 bits per heavy atom. The van der Waals surface area contributed by atoms with Crippen LogP contribution in [0, 0.1) is 0 Å². The molecule has 25 heavy (non-hydrogen) atoms. The average molecular weight is 351 g/mol. The first kappa shape index (κ1) is 24.4. The van der Waals surface area contributed by atoms with Gasteiger partial charge >= 0.3 is 0 Å². The first-order valence-electron chi connectivity index (χ1n) is 11.4. The molecule has 0 rings (SSSR count). The molecule has 0 saturated heterocycles. The van der Waals surface area contributed by atoms with Crippen molar-refractivity contribution in [2.45, 2.75) is 136 Å². The fourth-order valence-corrected chi connectivity index (χ4v) is 3.33. The smallest absolute Gasteiger partial charge is 0.129 e. The lowest BCUT2D eigenvalue weighted by molar-refractivity contribution is -0.117. The lowest BCUT2D eigenvalue weighted by Crippen LogP contribution is -1.88. The summed E-state index contributed by atoms with van der Waals surface area (Å²) in [5.41, 5.74) is 0. The quantitative estimate of drug-likeness (QED) is 0.159. The third-order valence-electron chi connectivity index (χ3n) is 5.04. The molecule has 0 fully saturated rings. The molecule has 0 aliphatic heterocycles. The third kappa shape index (κ3) is 23.4. The van der Waals surface area contributed by atoms with Gasteiger partial charge in [0.05, 0.1) is 0 Å². The predicted octanol–water partition coefficient (Wildman–Crippen LogP) is 8.56. The minimum Gasteiger partial charge on any atom is -0.300 e. The molecule has 0 aliphatic rings. The number of unbranched alkanes of at least 4 members (excludes halogenated alkanes) is 16. The first-order valence-corrected chi connectivity index (χ1v) is 11.4. The van der Waals surface area contributed by atoms with Gasteiger partial charge in [-0.2, -0.15) is 0 Å². The van der Waals surface area contributed by atoms with Gasteiger partial charge in [0.2, 0.25) is 0 Å². The molecule has 0 N–H and O–H groups in total. The number of Topliss-reactive ketones (excluding diaryl/α,β-unsaturated/α-hetero) is 1. The Hall–Kier alpha value is -0.590. The van der Waals surface area contributed by atoms with Crippen LogP contribution in [0.1, 0.15) is 136 Å². The summed E-state index contributed by atoms with van der Waals surface area (Å²) in [6, 6.07) is 0. The Kier molecular flexibility index (Phi) is 20.9. The van der Waals surface area contributed by atoms with Crippen LogP contribution < -0.4 is 0 Å². The van der Waals surface area contributed by atoms with Crippen LogP contribution in [0.2, 0.25) is 0 Å². The number of ketones is 1. The summed E-state index contributed by atoms with van der Waals surface area (Å²) >= 11 is 0. The van der Waals surface area contributed by atoms with Crippen molar-refractivity contribution in [3.8, 4) is 0 Å². The van der Waals surface area contributed by atoms with Crippen LogP contribution in [-0.2, 0) is 4.79 Å². The van der Waals surface area contributed by atoms with Crippen molar-refractivity contribution in [2.75, 3.05) is 0 Å². The lowest BCUT2D eigenvalue weighted by Gasteiger charge is -2.02. The maximum atomic E-state index is 10.8. The molecular formula is C24H46O. The first-order chi connectivity index (χ1) is 12.3. The average Bonchev–Trinajstić information content (AvgIpc) is 2.60. The summed E-state index contributed by atoms with van der Waals surface area (Å²) in [6.07, 6.45) is 30.0.